The summed E-state index contributed by atoms with van der Waals surface area (Å²) in [5, 5.41) is 19.8. The fourth-order valence-electron chi connectivity index (χ4n) is 4.45. The first-order valence-corrected chi connectivity index (χ1v) is 11.9. The van der Waals surface area contributed by atoms with Gasteiger partial charge in [-0.3, -0.25) is 9.59 Å². The average molecular weight is 505 g/mol. The monoisotopic (exact) mass is 504 g/mol. The van der Waals surface area contributed by atoms with Gasteiger partial charge in [-0.2, -0.15) is 5.10 Å². The number of aromatic hydroxyl groups is 1. The lowest BCUT2D eigenvalue weighted by Crippen LogP contribution is -2.48. The summed E-state index contributed by atoms with van der Waals surface area (Å²) >= 11 is 3.41. The van der Waals surface area contributed by atoms with Gasteiger partial charge in [0.05, 0.1) is 11.9 Å². The number of rotatable bonds is 6. The van der Waals surface area contributed by atoms with Crippen molar-refractivity contribution in [2.75, 3.05) is 5.32 Å². The van der Waals surface area contributed by atoms with E-state index in [9.17, 15) is 14.7 Å². The molecule has 0 unspecified atom stereocenters. The van der Waals surface area contributed by atoms with Crippen LogP contribution < -0.4 is 16.2 Å². The zero-order chi connectivity index (χ0) is 23.6. The second-order valence-electron chi connectivity index (χ2n) is 9.63. The maximum atomic E-state index is 12.8. The number of amides is 1. The molecule has 1 amide bonds. The molecular weight excluding hydrogens is 472 g/mol. The van der Waals surface area contributed by atoms with Crippen molar-refractivity contribution in [3.05, 3.63) is 50.9 Å². The Morgan fingerprint density at radius 1 is 1.25 bits per heavy atom. The van der Waals surface area contributed by atoms with Crippen LogP contribution in [0.4, 0.5) is 5.69 Å². The van der Waals surface area contributed by atoms with E-state index in [4.69, 9.17) is 0 Å². The second-order valence-corrected chi connectivity index (χ2v) is 10.4. The third-order valence-electron chi connectivity index (χ3n) is 7.52. The summed E-state index contributed by atoms with van der Waals surface area (Å²) in [6.45, 7) is 11.7. The minimum absolute atomic E-state index is 0.169. The Labute approximate surface area is 197 Å². The number of aromatic nitrogens is 2. The lowest BCUT2D eigenvalue weighted by molar-refractivity contribution is -0.122. The van der Waals surface area contributed by atoms with Gasteiger partial charge in [-0.25, -0.2) is 4.68 Å². The summed E-state index contributed by atoms with van der Waals surface area (Å²) < 4.78 is 1.54. The van der Waals surface area contributed by atoms with Gasteiger partial charge in [0.2, 0.25) is 5.91 Å². The van der Waals surface area contributed by atoms with Crippen LogP contribution in [0, 0.1) is 23.2 Å². The first kappa shape index (κ1) is 24.3. The van der Waals surface area contributed by atoms with Crippen molar-refractivity contribution in [2.24, 2.45) is 23.2 Å². The zero-order valence-corrected chi connectivity index (χ0v) is 20.9. The number of carbonyl (C=O) groups excluding carboxylic acids is 1. The van der Waals surface area contributed by atoms with E-state index in [0.717, 1.165) is 16.7 Å². The Morgan fingerprint density at radius 2 is 1.91 bits per heavy atom. The molecular formula is C24H33BrN4O3. The normalized spacial score (nSPS) is 24.7. The predicted octanol–water partition coefficient (Wildman–Crippen LogP) is 4.15. The molecule has 0 aliphatic heterocycles. The molecule has 0 radical (unpaired) electrons. The number of benzene rings is 1. The minimum atomic E-state index is -0.348. The Kier molecular flexibility index (Phi) is 7.32. The Bertz CT molecular complexity index is 1020. The van der Waals surface area contributed by atoms with Crippen LogP contribution in [0.1, 0.15) is 46.6 Å². The molecule has 3 rings (SSSR count). The van der Waals surface area contributed by atoms with E-state index in [2.05, 4.69) is 66.3 Å². The largest absolute Gasteiger partial charge is 0.508 e. The van der Waals surface area contributed by atoms with Crippen molar-refractivity contribution in [1.82, 2.24) is 15.1 Å². The molecule has 4 atom stereocenters. The summed E-state index contributed by atoms with van der Waals surface area (Å²) in [5.41, 5.74) is 1.43. The average Bonchev–Trinajstić information content (AvgIpc) is 2.75. The summed E-state index contributed by atoms with van der Waals surface area (Å²) in [6, 6.07) is 6.83. The third kappa shape index (κ3) is 5.17. The van der Waals surface area contributed by atoms with E-state index in [0.29, 0.717) is 34.5 Å². The molecule has 1 aliphatic carbocycles. The Hall–Kier alpha value is -2.35. The molecule has 1 aliphatic rings. The van der Waals surface area contributed by atoms with Gasteiger partial charge in [-0.1, -0.05) is 46.8 Å². The van der Waals surface area contributed by atoms with Crippen LogP contribution in [0.5, 0.6) is 5.75 Å². The van der Waals surface area contributed by atoms with Crippen LogP contribution in [-0.4, -0.2) is 26.8 Å². The molecule has 2 aromatic rings. The van der Waals surface area contributed by atoms with Gasteiger partial charge in [0.15, 0.2) is 0 Å². The van der Waals surface area contributed by atoms with Crippen molar-refractivity contribution in [2.45, 2.75) is 60.2 Å². The third-order valence-corrected chi connectivity index (χ3v) is 8.29. The van der Waals surface area contributed by atoms with E-state index in [1.165, 1.54) is 0 Å². The maximum absolute atomic E-state index is 12.8. The van der Waals surface area contributed by atoms with Crippen LogP contribution in [0.15, 0.2) is 39.7 Å². The van der Waals surface area contributed by atoms with Gasteiger partial charge in [0, 0.05) is 12.6 Å². The van der Waals surface area contributed by atoms with Gasteiger partial charge >= 0.3 is 0 Å². The molecule has 0 bridgehead atoms. The van der Waals surface area contributed by atoms with E-state index in [-0.39, 0.29) is 35.2 Å². The topological polar surface area (TPSA) is 96.2 Å². The smallest absolute Gasteiger partial charge is 0.283 e. The fraction of sp³-hybridized carbons (Fsp3) is 0.542. The van der Waals surface area contributed by atoms with Gasteiger partial charge in [-0.05, 0) is 63.2 Å². The number of hydrogen-bond acceptors (Lipinski definition) is 5. The number of hydrogen-bond donors (Lipinski definition) is 3. The summed E-state index contributed by atoms with van der Waals surface area (Å²) in [7, 11) is 0. The van der Waals surface area contributed by atoms with Crippen LogP contribution in [-0.2, 0) is 17.9 Å². The lowest BCUT2D eigenvalue weighted by Gasteiger charge is -2.50. The molecule has 1 fully saturated rings. The van der Waals surface area contributed by atoms with Crippen molar-refractivity contribution >= 4 is 27.5 Å². The molecule has 8 heteroatoms. The summed E-state index contributed by atoms with van der Waals surface area (Å²) in [6.07, 6.45) is 2.63. The highest BCUT2D eigenvalue weighted by Crippen LogP contribution is 2.48. The van der Waals surface area contributed by atoms with Crippen LogP contribution in [0.25, 0.3) is 0 Å². The van der Waals surface area contributed by atoms with Gasteiger partial charge < -0.3 is 15.7 Å². The van der Waals surface area contributed by atoms with E-state index >= 15 is 0 Å². The number of carbonyl (C=O) groups is 1. The lowest BCUT2D eigenvalue weighted by atomic mass is 9.58. The quantitative estimate of drug-likeness (QED) is 0.549. The number of anilines is 1. The molecule has 0 saturated heterocycles. The predicted molar refractivity (Wildman–Crippen MR) is 129 cm³/mol. The standard InChI is InChI=1S/C24H33BrN4O3/c1-14-10-19(15(2)16(3)24(14,4)5)28-20-12-27-29(23(32)22(20)25)13-21(31)26-11-17-6-8-18(30)9-7-17/h6-9,12,14-16,19,28,30H,10-11,13H2,1-5H3,(H,26,31)/t14-,15+,16+,19+/m0/s1. The molecule has 1 aromatic heterocycles. The van der Waals surface area contributed by atoms with Crippen LogP contribution >= 0.6 is 15.9 Å². The van der Waals surface area contributed by atoms with Crippen LogP contribution in [0.3, 0.4) is 0 Å². The minimum Gasteiger partial charge on any atom is -0.508 e. The molecule has 1 aromatic carbocycles. The second kappa shape index (κ2) is 9.65. The van der Waals surface area contributed by atoms with Gasteiger partial charge in [0.25, 0.3) is 5.56 Å². The van der Waals surface area contributed by atoms with Crippen molar-refractivity contribution in [3.63, 3.8) is 0 Å². The zero-order valence-electron chi connectivity index (χ0n) is 19.4. The van der Waals surface area contributed by atoms with E-state index in [1.807, 2.05) is 0 Å². The Morgan fingerprint density at radius 3 is 2.56 bits per heavy atom. The highest BCUT2D eigenvalue weighted by molar-refractivity contribution is 9.10. The molecule has 1 saturated carbocycles. The number of phenolic OH excluding ortho intramolecular Hbond substituents is 1. The SMILES string of the molecule is C[C@@H]1[C@@H](C)C(C)(C)[C@@H](C)C[C@H]1Nc1cnn(CC(=O)NCc2ccc(O)cc2)c(=O)c1Br. The first-order valence-electron chi connectivity index (χ1n) is 11.1. The maximum Gasteiger partial charge on any atom is 0.283 e. The van der Waals surface area contributed by atoms with Crippen molar-refractivity contribution in [1.29, 1.82) is 0 Å². The van der Waals surface area contributed by atoms with E-state index < -0.39 is 0 Å². The van der Waals surface area contributed by atoms with Crippen LogP contribution in [0.2, 0.25) is 0 Å². The summed E-state index contributed by atoms with van der Waals surface area (Å²) in [5.74, 6) is 1.39. The molecule has 3 N–H and O–H groups in total. The van der Waals surface area contributed by atoms with Gasteiger partial charge in [-0.15, -0.1) is 0 Å². The number of phenols is 1. The summed E-state index contributed by atoms with van der Waals surface area (Å²) in [4.78, 5) is 25.1. The molecule has 1 heterocycles. The first-order chi connectivity index (χ1) is 15.0. The number of nitrogens with one attached hydrogen (secondary N) is 2. The molecule has 32 heavy (non-hydrogen) atoms. The molecule has 174 valence electrons. The van der Waals surface area contributed by atoms with Gasteiger partial charge in [0.1, 0.15) is 16.8 Å². The van der Waals surface area contributed by atoms with Crippen molar-refractivity contribution in [3.8, 4) is 5.75 Å². The van der Waals surface area contributed by atoms with Crippen molar-refractivity contribution < 1.29 is 9.90 Å². The fourth-order valence-corrected chi connectivity index (χ4v) is 4.87. The molecule has 0 spiro atoms. The highest BCUT2D eigenvalue weighted by atomic mass is 79.9. The Balaban J connectivity index is 1.65. The highest BCUT2D eigenvalue weighted by Gasteiger charge is 2.43. The number of halogens is 1. The number of nitrogens with zero attached hydrogens (tertiary/aromatic N) is 2. The molecule has 7 nitrogen and oxygen atoms in total. The van der Waals surface area contributed by atoms with E-state index in [1.54, 1.807) is 30.5 Å².